The van der Waals surface area contributed by atoms with Crippen molar-refractivity contribution in [3.05, 3.63) is 28.8 Å². The van der Waals surface area contributed by atoms with Gasteiger partial charge in [-0.3, -0.25) is 0 Å². The molecule has 1 saturated carbocycles. The fourth-order valence-electron chi connectivity index (χ4n) is 1.97. The molecule has 0 heterocycles. The summed E-state index contributed by atoms with van der Waals surface area (Å²) < 4.78 is 5.83. The first kappa shape index (κ1) is 10.8. The van der Waals surface area contributed by atoms with Gasteiger partial charge in [0.1, 0.15) is 5.75 Å². The van der Waals surface area contributed by atoms with Crippen LogP contribution in [0.5, 0.6) is 5.75 Å². The molecule has 2 rings (SSSR count). The highest BCUT2D eigenvalue weighted by Crippen LogP contribution is 2.28. The van der Waals surface area contributed by atoms with E-state index in [4.69, 9.17) is 16.3 Å². The van der Waals surface area contributed by atoms with Crippen molar-refractivity contribution in [2.75, 3.05) is 0 Å². The number of hydrogen-bond acceptors (Lipinski definition) is 2. The standard InChI is InChI=1S/C12H15ClO2/c13-10-5-6-12(9(7-10)8-14)15-11-3-1-2-4-11/h5-7,11,14H,1-4,8H2. The fraction of sp³-hybridized carbons (Fsp3) is 0.500. The Balaban J connectivity index is 2.12. The summed E-state index contributed by atoms with van der Waals surface area (Å²) >= 11 is 5.85. The predicted molar refractivity (Wildman–Crippen MR) is 60.3 cm³/mol. The SMILES string of the molecule is OCc1cc(Cl)ccc1OC1CCCC1. The van der Waals surface area contributed by atoms with E-state index in [2.05, 4.69) is 0 Å². The first-order chi connectivity index (χ1) is 7.29. The van der Waals surface area contributed by atoms with Gasteiger partial charge in [0.05, 0.1) is 12.7 Å². The minimum absolute atomic E-state index is 0.0252. The number of hydrogen-bond donors (Lipinski definition) is 1. The van der Waals surface area contributed by atoms with Gasteiger partial charge in [-0.25, -0.2) is 0 Å². The quantitative estimate of drug-likeness (QED) is 0.858. The molecule has 1 aliphatic carbocycles. The molecular weight excluding hydrogens is 212 g/mol. The van der Waals surface area contributed by atoms with Gasteiger partial charge in [-0.1, -0.05) is 11.6 Å². The van der Waals surface area contributed by atoms with Crippen LogP contribution in [0.2, 0.25) is 5.02 Å². The molecule has 0 radical (unpaired) electrons. The molecule has 0 aromatic heterocycles. The van der Waals surface area contributed by atoms with Crippen LogP contribution >= 0.6 is 11.6 Å². The lowest BCUT2D eigenvalue weighted by molar-refractivity contribution is 0.199. The normalized spacial score (nSPS) is 16.9. The molecular formula is C12H15ClO2. The summed E-state index contributed by atoms with van der Waals surface area (Å²) in [7, 11) is 0. The van der Waals surface area contributed by atoms with E-state index in [9.17, 15) is 5.11 Å². The topological polar surface area (TPSA) is 29.5 Å². The predicted octanol–water partition coefficient (Wildman–Crippen LogP) is 3.15. The van der Waals surface area contributed by atoms with Crippen molar-refractivity contribution in [3.8, 4) is 5.75 Å². The Hall–Kier alpha value is -0.730. The van der Waals surface area contributed by atoms with E-state index in [-0.39, 0.29) is 6.61 Å². The minimum Gasteiger partial charge on any atom is -0.490 e. The molecule has 0 atom stereocenters. The zero-order valence-corrected chi connectivity index (χ0v) is 9.33. The van der Waals surface area contributed by atoms with Crippen molar-refractivity contribution >= 4 is 11.6 Å². The van der Waals surface area contributed by atoms with E-state index >= 15 is 0 Å². The fourth-order valence-corrected chi connectivity index (χ4v) is 2.17. The zero-order chi connectivity index (χ0) is 10.7. The van der Waals surface area contributed by atoms with Gasteiger partial charge in [-0.05, 0) is 43.9 Å². The second kappa shape index (κ2) is 4.86. The monoisotopic (exact) mass is 226 g/mol. The largest absolute Gasteiger partial charge is 0.490 e. The number of aliphatic hydroxyl groups excluding tert-OH is 1. The molecule has 0 bridgehead atoms. The first-order valence-corrected chi connectivity index (χ1v) is 5.73. The Morgan fingerprint density at radius 2 is 2.07 bits per heavy atom. The van der Waals surface area contributed by atoms with Crippen LogP contribution < -0.4 is 4.74 Å². The van der Waals surface area contributed by atoms with Crippen LogP contribution in [0.1, 0.15) is 31.2 Å². The molecule has 1 N–H and O–H groups in total. The van der Waals surface area contributed by atoms with Crippen molar-refractivity contribution in [1.29, 1.82) is 0 Å². The minimum atomic E-state index is -0.0252. The van der Waals surface area contributed by atoms with Crippen LogP contribution in [0.15, 0.2) is 18.2 Å². The maximum atomic E-state index is 9.18. The van der Waals surface area contributed by atoms with Crippen molar-refractivity contribution in [1.82, 2.24) is 0 Å². The van der Waals surface area contributed by atoms with Gasteiger partial charge in [0.2, 0.25) is 0 Å². The molecule has 0 saturated heterocycles. The zero-order valence-electron chi connectivity index (χ0n) is 8.58. The molecule has 0 amide bonds. The number of rotatable bonds is 3. The van der Waals surface area contributed by atoms with Crippen molar-refractivity contribution in [2.45, 2.75) is 38.4 Å². The molecule has 1 aliphatic rings. The Labute approximate surface area is 94.8 Å². The molecule has 0 unspecified atom stereocenters. The molecule has 1 aromatic carbocycles. The summed E-state index contributed by atoms with van der Waals surface area (Å²) in [5.74, 6) is 0.772. The first-order valence-electron chi connectivity index (χ1n) is 5.35. The lowest BCUT2D eigenvalue weighted by atomic mass is 10.2. The lowest BCUT2D eigenvalue weighted by Gasteiger charge is -2.15. The van der Waals surface area contributed by atoms with Crippen molar-refractivity contribution in [2.24, 2.45) is 0 Å². The summed E-state index contributed by atoms with van der Waals surface area (Å²) in [6, 6.07) is 5.39. The van der Waals surface area contributed by atoms with Gasteiger partial charge < -0.3 is 9.84 Å². The average Bonchev–Trinajstić information content (AvgIpc) is 2.73. The van der Waals surface area contributed by atoms with Gasteiger partial charge in [0.25, 0.3) is 0 Å². The molecule has 15 heavy (non-hydrogen) atoms. The maximum absolute atomic E-state index is 9.18. The van der Waals surface area contributed by atoms with Gasteiger partial charge in [-0.15, -0.1) is 0 Å². The van der Waals surface area contributed by atoms with Crippen molar-refractivity contribution < 1.29 is 9.84 Å². The third kappa shape index (κ3) is 2.64. The maximum Gasteiger partial charge on any atom is 0.125 e. The summed E-state index contributed by atoms with van der Waals surface area (Å²) in [6.45, 7) is -0.0252. The van der Waals surface area contributed by atoms with Crippen molar-refractivity contribution in [3.63, 3.8) is 0 Å². The second-order valence-corrected chi connectivity index (χ2v) is 4.37. The highest BCUT2D eigenvalue weighted by molar-refractivity contribution is 6.30. The van der Waals surface area contributed by atoms with E-state index in [1.807, 2.05) is 6.07 Å². The van der Waals surface area contributed by atoms with Gasteiger partial charge in [0, 0.05) is 10.6 Å². The second-order valence-electron chi connectivity index (χ2n) is 3.93. The van der Waals surface area contributed by atoms with Crippen LogP contribution in [0, 0.1) is 0 Å². The third-order valence-electron chi connectivity index (χ3n) is 2.79. The van der Waals surface area contributed by atoms with Gasteiger partial charge in [0.15, 0.2) is 0 Å². The molecule has 2 nitrogen and oxygen atoms in total. The molecule has 0 aliphatic heterocycles. The van der Waals surface area contributed by atoms with E-state index in [1.165, 1.54) is 12.8 Å². The Morgan fingerprint density at radius 1 is 1.33 bits per heavy atom. The van der Waals surface area contributed by atoms with Crippen LogP contribution in [-0.4, -0.2) is 11.2 Å². The molecule has 0 spiro atoms. The van der Waals surface area contributed by atoms with Crippen LogP contribution in [0.4, 0.5) is 0 Å². The number of ether oxygens (including phenoxy) is 1. The van der Waals surface area contributed by atoms with E-state index in [0.29, 0.717) is 11.1 Å². The smallest absolute Gasteiger partial charge is 0.125 e. The molecule has 1 aromatic rings. The number of benzene rings is 1. The summed E-state index contributed by atoms with van der Waals surface area (Å²) in [5, 5.41) is 9.82. The van der Waals surface area contributed by atoms with Crippen LogP contribution in [-0.2, 0) is 6.61 Å². The third-order valence-corrected chi connectivity index (χ3v) is 3.02. The summed E-state index contributed by atoms with van der Waals surface area (Å²) in [4.78, 5) is 0. The van der Waals surface area contributed by atoms with E-state index in [0.717, 1.165) is 24.2 Å². The molecule has 3 heteroatoms. The summed E-state index contributed by atoms with van der Waals surface area (Å²) in [6.07, 6.45) is 5.04. The number of aliphatic hydroxyl groups is 1. The lowest BCUT2D eigenvalue weighted by Crippen LogP contribution is -2.12. The highest BCUT2D eigenvalue weighted by Gasteiger charge is 2.17. The van der Waals surface area contributed by atoms with E-state index < -0.39 is 0 Å². The van der Waals surface area contributed by atoms with Gasteiger partial charge in [-0.2, -0.15) is 0 Å². The van der Waals surface area contributed by atoms with Gasteiger partial charge >= 0.3 is 0 Å². The van der Waals surface area contributed by atoms with Crippen LogP contribution in [0.25, 0.3) is 0 Å². The van der Waals surface area contributed by atoms with Crippen LogP contribution in [0.3, 0.4) is 0 Å². The molecule has 82 valence electrons. The Kier molecular flexibility index (Phi) is 3.49. The highest BCUT2D eigenvalue weighted by atomic mass is 35.5. The van der Waals surface area contributed by atoms with E-state index in [1.54, 1.807) is 12.1 Å². The summed E-state index contributed by atoms with van der Waals surface area (Å²) in [5.41, 5.74) is 0.773. The Morgan fingerprint density at radius 3 is 2.73 bits per heavy atom. The number of halogens is 1. The molecule has 1 fully saturated rings. The average molecular weight is 227 g/mol. The Bertz CT molecular complexity index is 332.